The molecule has 1 aliphatic rings. The van der Waals surface area contributed by atoms with Crippen LogP contribution in [0.4, 0.5) is 0 Å². The van der Waals surface area contributed by atoms with Gasteiger partial charge in [0.25, 0.3) is 5.91 Å². The lowest BCUT2D eigenvalue weighted by molar-refractivity contribution is -0.139. The summed E-state index contributed by atoms with van der Waals surface area (Å²) in [6, 6.07) is 14.0. The largest absolute Gasteiger partial charge is 0.480 e. The maximum Gasteiger partial charge on any atom is 0.326 e. The normalized spacial score (nSPS) is 14.9. The molecule has 2 aromatic carbocycles. The molecule has 3 aromatic rings. The van der Waals surface area contributed by atoms with Crippen LogP contribution >= 0.6 is 23.2 Å². The number of carbonyl (C=O) groups excluding carboxylic acids is 1. The summed E-state index contributed by atoms with van der Waals surface area (Å²) in [5.41, 5.74) is 3.69. The number of halogens is 2. The van der Waals surface area contributed by atoms with Crippen molar-refractivity contribution in [1.82, 2.24) is 15.2 Å². The molecule has 204 valence electrons. The Labute approximate surface area is 237 Å². The molecule has 2 heterocycles. The van der Waals surface area contributed by atoms with E-state index in [0.29, 0.717) is 17.1 Å². The maximum absolute atomic E-state index is 12.6. The number of amides is 1. The molecule has 4 rings (SSSR count). The Kier molecular flexibility index (Phi) is 9.07. The van der Waals surface area contributed by atoms with Crippen LogP contribution in [0.3, 0.4) is 0 Å². The Balaban J connectivity index is 1.36. The molecule has 1 atom stereocenters. The number of hydrogen-bond acceptors (Lipinski definition) is 6. The summed E-state index contributed by atoms with van der Waals surface area (Å²) < 4.78 is 23.3. The number of carboxylic acids is 1. The van der Waals surface area contributed by atoms with E-state index in [9.17, 15) is 23.1 Å². The first-order valence-electron chi connectivity index (χ1n) is 12.1. The summed E-state index contributed by atoms with van der Waals surface area (Å²) in [6.45, 7) is 2.29. The van der Waals surface area contributed by atoms with E-state index in [2.05, 4.69) is 21.3 Å². The van der Waals surface area contributed by atoms with Crippen LogP contribution in [0.25, 0.3) is 5.57 Å². The van der Waals surface area contributed by atoms with Gasteiger partial charge in [-0.15, -0.1) is 0 Å². The van der Waals surface area contributed by atoms with Crippen molar-refractivity contribution in [2.24, 2.45) is 0 Å². The number of pyridine rings is 1. The van der Waals surface area contributed by atoms with E-state index in [1.807, 2.05) is 18.2 Å². The Hall–Kier alpha value is -3.24. The molecule has 0 unspecified atom stereocenters. The first-order valence-corrected chi connectivity index (χ1v) is 14.8. The van der Waals surface area contributed by atoms with Gasteiger partial charge in [-0.05, 0) is 53.5 Å². The molecule has 0 radical (unpaired) electrons. The van der Waals surface area contributed by atoms with Gasteiger partial charge in [-0.1, -0.05) is 53.5 Å². The zero-order valence-corrected chi connectivity index (χ0v) is 23.4. The van der Waals surface area contributed by atoms with E-state index in [-0.39, 0.29) is 22.0 Å². The fourth-order valence-electron chi connectivity index (χ4n) is 4.31. The highest BCUT2D eigenvalue weighted by atomic mass is 35.5. The lowest BCUT2D eigenvalue weighted by Gasteiger charge is -2.26. The highest BCUT2D eigenvalue weighted by molar-refractivity contribution is 7.90. The zero-order chi connectivity index (χ0) is 28.2. The Morgan fingerprint density at radius 2 is 1.77 bits per heavy atom. The molecule has 0 bridgehead atoms. The molecule has 11 heteroatoms. The summed E-state index contributed by atoms with van der Waals surface area (Å²) in [7, 11) is -3.21. The van der Waals surface area contributed by atoms with Crippen molar-refractivity contribution in [3.05, 3.63) is 99.3 Å². The molecule has 1 aromatic heterocycles. The number of hydrogen-bond donors (Lipinski definition) is 2. The van der Waals surface area contributed by atoms with Crippen LogP contribution in [0, 0.1) is 0 Å². The summed E-state index contributed by atoms with van der Waals surface area (Å²) in [5, 5.41) is 12.4. The predicted octanol–water partition coefficient (Wildman–Crippen LogP) is 4.51. The maximum atomic E-state index is 12.6. The average Bonchev–Trinajstić information content (AvgIpc) is 2.89. The number of benzene rings is 2. The molecular formula is C28H27Cl2N3O5S. The summed E-state index contributed by atoms with van der Waals surface area (Å²) in [4.78, 5) is 31.5. The smallest absolute Gasteiger partial charge is 0.326 e. The van der Waals surface area contributed by atoms with Gasteiger partial charge in [0.15, 0.2) is 9.84 Å². The van der Waals surface area contributed by atoms with Crippen molar-refractivity contribution in [3.63, 3.8) is 0 Å². The SMILES string of the molecule is CS(=O)(=O)c1ccc(CN2CC=C(c3ccc(C[C@H](NC(=O)c4c(Cl)cccc4Cl)C(=O)O)nc3)CC2)cc1. The lowest BCUT2D eigenvalue weighted by Crippen LogP contribution is -2.42. The van der Waals surface area contributed by atoms with Gasteiger partial charge in [0.2, 0.25) is 0 Å². The molecule has 8 nitrogen and oxygen atoms in total. The van der Waals surface area contributed by atoms with Crippen molar-refractivity contribution in [1.29, 1.82) is 0 Å². The van der Waals surface area contributed by atoms with Gasteiger partial charge in [0, 0.05) is 44.2 Å². The van der Waals surface area contributed by atoms with E-state index in [1.54, 1.807) is 30.5 Å². The minimum atomic E-state index is -3.21. The van der Waals surface area contributed by atoms with Gasteiger partial charge in [-0.2, -0.15) is 0 Å². The van der Waals surface area contributed by atoms with Crippen LogP contribution in [-0.4, -0.2) is 60.7 Å². The molecule has 2 N–H and O–H groups in total. The zero-order valence-electron chi connectivity index (χ0n) is 21.1. The minimum Gasteiger partial charge on any atom is -0.480 e. The van der Waals surface area contributed by atoms with Gasteiger partial charge in [-0.25, -0.2) is 13.2 Å². The Morgan fingerprint density at radius 1 is 1.08 bits per heavy atom. The Morgan fingerprint density at radius 3 is 2.31 bits per heavy atom. The molecule has 39 heavy (non-hydrogen) atoms. The van der Waals surface area contributed by atoms with Gasteiger partial charge >= 0.3 is 5.97 Å². The molecule has 1 amide bonds. The van der Waals surface area contributed by atoms with E-state index in [1.165, 1.54) is 18.4 Å². The number of carbonyl (C=O) groups is 2. The number of rotatable bonds is 9. The standard InChI is InChI=1S/C28H27Cl2N3O5S/c1-39(37,38)22-9-5-18(6-10-22)17-33-13-11-19(12-14-33)20-7-8-21(31-16-20)15-25(28(35)36)32-27(34)26-23(29)3-2-4-24(26)30/h2-11,16,25H,12-15,17H2,1H3,(H,32,34)(H,35,36)/t25-/m0/s1. The lowest BCUT2D eigenvalue weighted by atomic mass is 10.00. The van der Waals surface area contributed by atoms with E-state index in [4.69, 9.17) is 23.2 Å². The van der Waals surface area contributed by atoms with Gasteiger partial charge < -0.3 is 10.4 Å². The van der Waals surface area contributed by atoms with Crippen LogP contribution in [-0.2, 0) is 27.6 Å². The fraction of sp³-hybridized carbons (Fsp3) is 0.250. The second kappa shape index (κ2) is 12.3. The third kappa shape index (κ3) is 7.45. The van der Waals surface area contributed by atoms with Crippen molar-refractivity contribution < 1.29 is 23.1 Å². The number of sulfone groups is 1. The van der Waals surface area contributed by atoms with E-state index < -0.39 is 27.8 Å². The molecule has 0 saturated carbocycles. The third-order valence-corrected chi connectivity index (χ3v) is 8.21. The van der Waals surface area contributed by atoms with Crippen LogP contribution in [0.15, 0.2) is 71.8 Å². The van der Waals surface area contributed by atoms with Crippen molar-refractivity contribution in [2.75, 3.05) is 19.3 Å². The van der Waals surface area contributed by atoms with E-state index in [0.717, 1.165) is 36.2 Å². The highest BCUT2D eigenvalue weighted by Gasteiger charge is 2.24. The first kappa shape index (κ1) is 28.8. The molecule has 0 fully saturated rings. The molecule has 0 saturated heterocycles. The predicted molar refractivity (Wildman–Crippen MR) is 151 cm³/mol. The molecule has 0 spiro atoms. The second-order valence-electron chi connectivity index (χ2n) is 9.33. The van der Waals surface area contributed by atoms with Crippen LogP contribution in [0.1, 0.15) is 33.6 Å². The average molecular weight is 589 g/mol. The molecular weight excluding hydrogens is 561 g/mol. The van der Waals surface area contributed by atoms with Crippen LogP contribution in [0.2, 0.25) is 10.0 Å². The topological polar surface area (TPSA) is 117 Å². The monoisotopic (exact) mass is 587 g/mol. The third-order valence-electron chi connectivity index (χ3n) is 6.45. The van der Waals surface area contributed by atoms with Crippen molar-refractivity contribution in [2.45, 2.75) is 30.3 Å². The number of aromatic nitrogens is 1. The van der Waals surface area contributed by atoms with Gasteiger partial charge in [0.1, 0.15) is 6.04 Å². The fourth-order valence-corrected chi connectivity index (χ4v) is 5.51. The second-order valence-corrected chi connectivity index (χ2v) is 12.2. The Bertz CT molecular complexity index is 1490. The summed E-state index contributed by atoms with van der Waals surface area (Å²) >= 11 is 12.2. The molecule has 1 aliphatic heterocycles. The number of nitrogens with one attached hydrogen (secondary N) is 1. The number of nitrogens with zero attached hydrogens (tertiary/aromatic N) is 2. The summed E-state index contributed by atoms with van der Waals surface area (Å²) in [5.74, 6) is -1.86. The van der Waals surface area contributed by atoms with Crippen molar-refractivity contribution >= 4 is 50.5 Å². The van der Waals surface area contributed by atoms with Gasteiger partial charge in [-0.3, -0.25) is 14.7 Å². The van der Waals surface area contributed by atoms with Crippen molar-refractivity contribution in [3.8, 4) is 0 Å². The number of carboxylic acid groups (broad SMARTS) is 1. The highest BCUT2D eigenvalue weighted by Crippen LogP contribution is 2.25. The van der Waals surface area contributed by atoms with Crippen LogP contribution in [0.5, 0.6) is 0 Å². The van der Waals surface area contributed by atoms with Gasteiger partial charge in [0.05, 0.1) is 20.5 Å². The first-order chi connectivity index (χ1) is 18.5. The summed E-state index contributed by atoms with van der Waals surface area (Å²) in [6.07, 6.45) is 5.86. The quantitative estimate of drug-likeness (QED) is 0.378. The number of aliphatic carboxylic acids is 1. The molecule has 0 aliphatic carbocycles. The minimum absolute atomic E-state index is 0.00558. The van der Waals surface area contributed by atoms with Crippen LogP contribution < -0.4 is 5.32 Å². The van der Waals surface area contributed by atoms with E-state index >= 15 is 0 Å².